The van der Waals surface area contributed by atoms with E-state index >= 15 is 0 Å². The van der Waals surface area contributed by atoms with Gasteiger partial charge in [0.25, 0.3) is 5.56 Å². The van der Waals surface area contributed by atoms with E-state index in [9.17, 15) is 9.59 Å². The van der Waals surface area contributed by atoms with Crippen LogP contribution in [0.25, 0.3) is 10.9 Å². The number of hydrogen-bond donors (Lipinski definition) is 1. The molecule has 1 aromatic heterocycles. The Morgan fingerprint density at radius 3 is 2.70 bits per heavy atom. The molecule has 8 nitrogen and oxygen atoms in total. The highest BCUT2D eigenvalue weighted by molar-refractivity contribution is 7.99. The number of hydrogen-bond acceptors (Lipinski definition) is 7. The van der Waals surface area contributed by atoms with Gasteiger partial charge >= 0.3 is 0 Å². The molecular formula is C24H29N3O5S. The number of aromatic nitrogens is 2. The fraction of sp³-hybridized carbons (Fsp3) is 0.375. The zero-order valence-electron chi connectivity index (χ0n) is 19.1. The molecule has 0 bridgehead atoms. The van der Waals surface area contributed by atoms with Crippen molar-refractivity contribution in [2.45, 2.75) is 31.6 Å². The van der Waals surface area contributed by atoms with Gasteiger partial charge in [0.2, 0.25) is 5.91 Å². The average molecular weight is 472 g/mol. The van der Waals surface area contributed by atoms with Crippen LogP contribution >= 0.6 is 11.8 Å². The number of rotatable bonds is 12. The van der Waals surface area contributed by atoms with Gasteiger partial charge in [-0.1, -0.05) is 36.0 Å². The number of fused-ring (bicyclic) bond motifs is 1. The smallest absolute Gasteiger partial charge is 0.262 e. The van der Waals surface area contributed by atoms with E-state index in [2.05, 4.69) is 10.3 Å². The zero-order valence-corrected chi connectivity index (χ0v) is 19.9. The van der Waals surface area contributed by atoms with Crippen LogP contribution in [0.1, 0.15) is 18.9 Å². The second-order valence-corrected chi connectivity index (χ2v) is 8.08. The fourth-order valence-electron chi connectivity index (χ4n) is 3.39. The first-order chi connectivity index (χ1) is 16.1. The highest BCUT2D eigenvalue weighted by Gasteiger charge is 2.14. The van der Waals surface area contributed by atoms with Gasteiger partial charge in [0.05, 0.1) is 30.9 Å². The van der Waals surface area contributed by atoms with Crippen LogP contribution in [0.15, 0.2) is 52.4 Å². The van der Waals surface area contributed by atoms with Crippen LogP contribution in [-0.4, -0.2) is 48.6 Å². The second kappa shape index (κ2) is 12.3. The number of methoxy groups -OCH3 is 2. The highest BCUT2D eigenvalue weighted by Crippen LogP contribution is 2.30. The third-order valence-corrected chi connectivity index (χ3v) is 5.97. The molecule has 1 amide bonds. The van der Waals surface area contributed by atoms with E-state index in [-0.39, 0.29) is 17.2 Å². The lowest BCUT2D eigenvalue weighted by molar-refractivity contribution is -0.118. The van der Waals surface area contributed by atoms with Crippen molar-refractivity contribution in [3.05, 3.63) is 58.4 Å². The standard InChI is InChI=1S/C24H29N3O5S/c1-4-32-14-8-13-27-23(29)18-10-5-6-11-19(18)26-24(27)33-16-21(28)25-15-17-9-7-12-20(30-2)22(17)31-3/h5-7,9-12H,4,8,13-16H2,1-3H3,(H,25,28). The summed E-state index contributed by atoms with van der Waals surface area (Å²) < 4.78 is 17.8. The number of benzene rings is 2. The summed E-state index contributed by atoms with van der Waals surface area (Å²) in [7, 11) is 3.14. The minimum atomic E-state index is -0.173. The van der Waals surface area contributed by atoms with Gasteiger partial charge in [-0.25, -0.2) is 4.98 Å². The molecule has 3 aromatic rings. The molecule has 0 spiro atoms. The first-order valence-corrected chi connectivity index (χ1v) is 11.7. The van der Waals surface area contributed by atoms with Crippen molar-refractivity contribution in [2.75, 3.05) is 33.2 Å². The number of carbonyl (C=O) groups excluding carboxylic acids is 1. The molecular weight excluding hydrogens is 442 g/mol. The monoisotopic (exact) mass is 471 g/mol. The first kappa shape index (κ1) is 24.6. The maximum atomic E-state index is 13.0. The molecule has 0 fully saturated rings. The Balaban J connectivity index is 1.71. The quantitative estimate of drug-likeness (QED) is 0.246. The Kier molecular flexibility index (Phi) is 9.14. The lowest BCUT2D eigenvalue weighted by Crippen LogP contribution is -2.27. The number of para-hydroxylation sites is 2. The molecule has 0 unspecified atom stereocenters. The number of ether oxygens (including phenoxy) is 3. The van der Waals surface area contributed by atoms with Crippen molar-refractivity contribution in [3.8, 4) is 11.5 Å². The summed E-state index contributed by atoms with van der Waals surface area (Å²) in [5.74, 6) is 1.15. The van der Waals surface area contributed by atoms with Crippen LogP contribution in [0, 0.1) is 0 Å². The Labute approximate surface area is 197 Å². The molecule has 9 heteroatoms. The van der Waals surface area contributed by atoms with Gasteiger partial charge in [-0.15, -0.1) is 0 Å². The maximum Gasteiger partial charge on any atom is 0.262 e. The molecule has 0 aliphatic carbocycles. The van der Waals surface area contributed by atoms with Gasteiger partial charge < -0.3 is 19.5 Å². The number of carbonyl (C=O) groups is 1. The van der Waals surface area contributed by atoms with Crippen molar-refractivity contribution >= 4 is 28.6 Å². The number of nitrogens with zero attached hydrogens (tertiary/aromatic N) is 2. The van der Waals surface area contributed by atoms with E-state index in [1.54, 1.807) is 37.0 Å². The van der Waals surface area contributed by atoms with Crippen LogP contribution < -0.4 is 20.3 Å². The van der Waals surface area contributed by atoms with Crippen molar-refractivity contribution in [2.24, 2.45) is 0 Å². The summed E-state index contributed by atoms with van der Waals surface area (Å²) >= 11 is 1.24. The van der Waals surface area contributed by atoms with Crippen molar-refractivity contribution < 1.29 is 19.0 Å². The Morgan fingerprint density at radius 2 is 1.94 bits per heavy atom. The normalized spacial score (nSPS) is 10.9. The highest BCUT2D eigenvalue weighted by atomic mass is 32.2. The third-order valence-electron chi connectivity index (χ3n) is 4.99. The Morgan fingerprint density at radius 1 is 1.12 bits per heavy atom. The number of amides is 1. The molecule has 0 atom stereocenters. The fourth-order valence-corrected chi connectivity index (χ4v) is 4.25. The molecule has 33 heavy (non-hydrogen) atoms. The first-order valence-electron chi connectivity index (χ1n) is 10.8. The molecule has 176 valence electrons. The lowest BCUT2D eigenvalue weighted by atomic mass is 10.2. The third kappa shape index (κ3) is 6.27. The molecule has 3 rings (SSSR count). The van der Waals surface area contributed by atoms with Crippen LogP contribution in [-0.2, 0) is 22.6 Å². The lowest BCUT2D eigenvalue weighted by Gasteiger charge is -2.14. The molecule has 1 heterocycles. The summed E-state index contributed by atoms with van der Waals surface area (Å²) in [6.07, 6.45) is 0.684. The zero-order chi connectivity index (χ0) is 23.6. The minimum Gasteiger partial charge on any atom is -0.493 e. The van der Waals surface area contributed by atoms with Crippen LogP contribution in [0.5, 0.6) is 11.5 Å². The van der Waals surface area contributed by atoms with Gasteiger partial charge in [-0.2, -0.15) is 0 Å². The largest absolute Gasteiger partial charge is 0.493 e. The average Bonchev–Trinajstić information content (AvgIpc) is 2.84. The predicted octanol–water partition coefficient (Wildman–Crippen LogP) is 3.25. The minimum absolute atomic E-state index is 0.110. The van der Waals surface area contributed by atoms with Crippen molar-refractivity contribution in [3.63, 3.8) is 0 Å². The van der Waals surface area contributed by atoms with E-state index in [0.717, 1.165) is 5.56 Å². The van der Waals surface area contributed by atoms with Gasteiger partial charge in [0.1, 0.15) is 0 Å². The molecule has 2 aromatic carbocycles. The molecule has 0 aliphatic heterocycles. The summed E-state index contributed by atoms with van der Waals surface area (Å²) in [5.41, 5.74) is 1.32. The van der Waals surface area contributed by atoms with E-state index in [0.29, 0.717) is 60.3 Å². The summed E-state index contributed by atoms with van der Waals surface area (Å²) in [4.78, 5) is 30.2. The van der Waals surface area contributed by atoms with E-state index < -0.39 is 0 Å². The summed E-state index contributed by atoms with van der Waals surface area (Å²) in [6.45, 7) is 3.89. The Hall–Kier alpha value is -3.04. The topological polar surface area (TPSA) is 91.7 Å². The maximum absolute atomic E-state index is 13.0. The van der Waals surface area contributed by atoms with Crippen LogP contribution in [0.3, 0.4) is 0 Å². The molecule has 0 saturated carbocycles. The predicted molar refractivity (Wildman–Crippen MR) is 129 cm³/mol. The number of thioether (sulfide) groups is 1. The molecule has 1 N–H and O–H groups in total. The second-order valence-electron chi connectivity index (χ2n) is 7.14. The molecule has 0 saturated heterocycles. The Bertz CT molecular complexity index is 1150. The van der Waals surface area contributed by atoms with E-state index in [1.165, 1.54) is 11.8 Å². The molecule has 0 radical (unpaired) electrons. The SMILES string of the molecule is CCOCCCn1c(SCC(=O)NCc2cccc(OC)c2OC)nc2ccccc2c1=O. The van der Waals surface area contributed by atoms with E-state index in [4.69, 9.17) is 14.2 Å². The van der Waals surface area contributed by atoms with Crippen LogP contribution in [0.4, 0.5) is 0 Å². The number of nitrogens with one attached hydrogen (secondary N) is 1. The van der Waals surface area contributed by atoms with Gasteiger partial charge in [-0.3, -0.25) is 14.2 Å². The summed E-state index contributed by atoms with van der Waals surface area (Å²) in [6, 6.07) is 12.8. The van der Waals surface area contributed by atoms with Gasteiger partial charge in [0, 0.05) is 31.9 Å². The van der Waals surface area contributed by atoms with Crippen molar-refractivity contribution in [1.29, 1.82) is 0 Å². The van der Waals surface area contributed by atoms with Crippen LogP contribution in [0.2, 0.25) is 0 Å². The van der Waals surface area contributed by atoms with Gasteiger partial charge in [-0.05, 0) is 31.5 Å². The molecule has 0 aliphatic rings. The summed E-state index contributed by atoms with van der Waals surface area (Å²) in [5, 5.41) is 3.98. The van der Waals surface area contributed by atoms with Gasteiger partial charge in [0.15, 0.2) is 16.7 Å². The van der Waals surface area contributed by atoms with Crippen molar-refractivity contribution in [1.82, 2.24) is 14.9 Å². The van der Waals surface area contributed by atoms with E-state index in [1.807, 2.05) is 31.2 Å².